The van der Waals surface area contributed by atoms with Gasteiger partial charge in [0, 0.05) is 6.20 Å². The van der Waals surface area contributed by atoms with E-state index < -0.39 is 0 Å². The van der Waals surface area contributed by atoms with Crippen molar-refractivity contribution in [2.24, 2.45) is 5.73 Å². The predicted molar refractivity (Wildman–Crippen MR) is 63.4 cm³/mol. The number of rotatable bonds is 2. The van der Waals surface area contributed by atoms with Crippen LogP contribution in [0.25, 0.3) is 11.4 Å². The molecule has 2 aromatic rings. The minimum atomic E-state index is 0. The molecule has 5 heteroatoms. The van der Waals surface area contributed by atoms with Crippen molar-refractivity contribution in [3.8, 4) is 11.4 Å². The minimum Gasteiger partial charge on any atom is -0.388 e. The van der Waals surface area contributed by atoms with Gasteiger partial charge in [0.25, 0.3) is 0 Å². The molecular weight excluding hydrogens is 265 g/mol. The Hall–Kier alpha value is -1.32. The zero-order chi connectivity index (χ0) is 10.7. The van der Waals surface area contributed by atoms with E-state index in [4.69, 9.17) is 18.0 Å². The molecule has 0 bridgehead atoms. The normalized spacial score (nSPS) is 9.25. The van der Waals surface area contributed by atoms with Gasteiger partial charge in [-0.25, -0.2) is 4.98 Å². The first-order valence-corrected chi connectivity index (χ1v) is 4.86. The van der Waals surface area contributed by atoms with Gasteiger partial charge in [-0.15, -0.1) is 0 Å². The first kappa shape index (κ1) is 12.8. The molecule has 0 spiro atoms. The van der Waals surface area contributed by atoms with E-state index in [-0.39, 0.29) is 16.5 Å². The van der Waals surface area contributed by atoms with E-state index in [0.717, 1.165) is 11.4 Å². The fraction of sp³-hybridized carbons (Fsp3) is 0. The van der Waals surface area contributed by atoms with Gasteiger partial charge in [-0.1, -0.05) is 24.4 Å². The molecule has 0 aliphatic rings. The summed E-state index contributed by atoms with van der Waals surface area (Å²) in [6.45, 7) is 0. The van der Waals surface area contributed by atoms with Gasteiger partial charge in [0.15, 0.2) is 0 Å². The maximum atomic E-state index is 5.51. The monoisotopic (exact) mass is 273 g/mol. The number of thiocarbonyl (C=S) groups is 1. The van der Waals surface area contributed by atoms with Crippen LogP contribution in [0.15, 0.2) is 42.6 Å². The Kier molecular flexibility index (Phi) is 4.53. The van der Waals surface area contributed by atoms with Crippen molar-refractivity contribution in [2.45, 2.75) is 0 Å². The molecule has 2 rings (SSSR count). The van der Waals surface area contributed by atoms with E-state index in [9.17, 15) is 0 Å². The third kappa shape index (κ3) is 2.84. The van der Waals surface area contributed by atoms with Crippen molar-refractivity contribution in [1.82, 2.24) is 9.97 Å². The predicted octanol–water partition coefficient (Wildman–Crippen LogP) is 1.78. The Morgan fingerprint density at radius 3 is 2.44 bits per heavy atom. The molecule has 0 radical (unpaired) electrons. The van der Waals surface area contributed by atoms with Crippen LogP contribution in [0.5, 0.6) is 0 Å². The maximum absolute atomic E-state index is 5.51. The van der Waals surface area contributed by atoms with Crippen LogP contribution in [-0.2, 0) is 16.5 Å². The van der Waals surface area contributed by atoms with Gasteiger partial charge in [-0.2, -0.15) is 0 Å². The van der Waals surface area contributed by atoms with Crippen molar-refractivity contribution in [3.05, 3.63) is 48.3 Å². The molecule has 16 heavy (non-hydrogen) atoms. The number of aromatic nitrogens is 2. The van der Waals surface area contributed by atoms with Crippen molar-refractivity contribution >= 4 is 17.2 Å². The Labute approximate surface area is 109 Å². The summed E-state index contributed by atoms with van der Waals surface area (Å²) in [6.07, 6.45) is 1.73. The maximum Gasteiger partial charge on any atom is 2.00 e. The summed E-state index contributed by atoms with van der Waals surface area (Å²) >= 11 is 4.87. The molecule has 0 unspecified atom stereocenters. The molecule has 82 valence electrons. The van der Waals surface area contributed by atoms with Gasteiger partial charge in [0.2, 0.25) is 0 Å². The molecule has 2 heterocycles. The first-order chi connectivity index (χ1) is 7.27. The van der Waals surface area contributed by atoms with E-state index in [1.54, 1.807) is 12.3 Å². The van der Waals surface area contributed by atoms with Crippen LogP contribution in [0.4, 0.5) is 0 Å². The molecule has 0 aliphatic heterocycles. The van der Waals surface area contributed by atoms with Crippen LogP contribution in [0.3, 0.4) is 0 Å². The van der Waals surface area contributed by atoms with Crippen LogP contribution in [0.1, 0.15) is 5.69 Å². The zero-order valence-corrected chi connectivity index (χ0v) is 10.0. The van der Waals surface area contributed by atoms with E-state index in [1.807, 2.05) is 30.3 Å². The third-order valence-electron chi connectivity index (χ3n) is 1.93. The SMILES string of the molecule is NC(=S)c1cccc(-c2ccccn2)n1.[Ni+2]. The van der Waals surface area contributed by atoms with Crippen molar-refractivity contribution in [2.75, 3.05) is 0 Å². The topological polar surface area (TPSA) is 51.8 Å². The molecule has 0 saturated heterocycles. The largest absolute Gasteiger partial charge is 2.00 e. The quantitative estimate of drug-likeness (QED) is 0.669. The van der Waals surface area contributed by atoms with E-state index in [2.05, 4.69) is 9.97 Å². The van der Waals surface area contributed by atoms with Crippen LogP contribution in [0, 0.1) is 0 Å². The van der Waals surface area contributed by atoms with E-state index >= 15 is 0 Å². The molecule has 3 nitrogen and oxygen atoms in total. The van der Waals surface area contributed by atoms with E-state index in [0.29, 0.717) is 10.7 Å². The van der Waals surface area contributed by atoms with Crippen molar-refractivity contribution in [3.63, 3.8) is 0 Å². The summed E-state index contributed by atoms with van der Waals surface area (Å²) in [5, 5.41) is 0. The number of hydrogen-bond acceptors (Lipinski definition) is 3. The molecule has 0 amide bonds. The molecule has 2 aromatic heterocycles. The summed E-state index contributed by atoms with van der Waals surface area (Å²) in [5.41, 5.74) is 7.72. The molecule has 0 atom stereocenters. The number of hydrogen-bond donors (Lipinski definition) is 1. The van der Waals surface area contributed by atoms with Crippen LogP contribution < -0.4 is 5.73 Å². The number of nitrogens with two attached hydrogens (primary N) is 1. The Balaban J connectivity index is 0.00000128. The second kappa shape index (κ2) is 5.68. The second-order valence-corrected chi connectivity index (χ2v) is 3.43. The van der Waals surface area contributed by atoms with Gasteiger partial charge in [0.05, 0.1) is 17.1 Å². The molecule has 0 aromatic carbocycles. The van der Waals surface area contributed by atoms with Gasteiger partial charge >= 0.3 is 16.5 Å². The Morgan fingerprint density at radius 1 is 1.06 bits per heavy atom. The number of nitrogens with zero attached hydrogens (tertiary/aromatic N) is 2. The second-order valence-electron chi connectivity index (χ2n) is 2.99. The standard InChI is InChI=1S/C11H9N3S.Ni/c12-11(15)10-6-3-5-9(14-10)8-4-1-2-7-13-8;/h1-7H,(H2,12,15);/q;+2. The van der Waals surface area contributed by atoms with Crippen LogP contribution >= 0.6 is 12.2 Å². The summed E-state index contributed by atoms with van der Waals surface area (Å²) in [6, 6.07) is 11.2. The first-order valence-electron chi connectivity index (χ1n) is 4.45. The fourth-order valence-corrected chi connectivity index (χ4v) is 1.34. The molecule has 0 aliphatic carbocycles. The van der Waals surface area contributed by atoms with Crippen LogP contribution in [-0.4, -0.2) is 15.0 Å². The summed E-state index contributed by atoms with van der Waals surface area (Å²) in [4.78, 5) is 8.82. The van der Waals surface area contributed by atoms with Gasteiger partial charge in [0.1, 0.15) is 4.99 Å². The van der Waals surface area contributed by atoms with Gasteiger partial charge in [-0.05, 0) is 24.3 Å². The van der Waals surface area contributed by atoms with Crippen molar-refractivity contribution < 1.29 is 16.5 Å². The van der Waals surface area contributed by atoms with Gasteiger partial charge < -0.3 is 5.73 Å². The fourth-order valence-electron chi connectivity index (χ4n) is 1.23. The minimum absolute atomic E-state index is 0. The summed E-state index contributed by atoms with van der Waals surface area (Å²) < 4.78 is 0. The Bertz CT molecular complexity index is 488. The van der Waals surface area contributed by atoms with E-state index in [1.165, 1.54) is 0 Å². The number of pyridine rings is 2. The molecular formula is C11H9N3NiS+2. The summed E-state index contributed by atoms with van der Waals surface area (Å²) in [5.74, 6) is 0. The zero-order valence-electron chi connectivity index (χ0n) is 8.24. The average Bonchev–Trinajstić information content (AvgIpc) is 2.30. The Morgan fingerprint density at radius 2 is 1.81 bits per heavy atom. The van der Waals surface area contributed by atoms with Gasteiger partial charge in [-0.3, -0.25) is 4.98 Å². The smallest absolute Gasteiger partial charge is 0.388 e. The van der Waals surface area contributed by atoms with Crippen LogP contribution in [0.2, 0.25) is 0 Å². The molecule has 2 N–H and O–H groups in total. The molecule has 0 fully saturated rings. The summed E-state index contributed by atoms with van der Waals surface area (Å²) in [7, 11) is 0. The van der Waals surface area contributed by atoms with Crippen molar-refractivity contribution in [1.29, 1.82) is 0 Å². The molecule has 0 saturated carbocycles. The third-order valence-corrected chi connectivity index (χ3v) is 2.14. The average molecular weight is 274 g/mol.